The van der Waals surface area contributed by atoms with E-state index in [1.165, 1.54) is 10.5 Å². The number of aryl methyl sites for hydroxylation is 2. The molecular weight excluding hydrogens is 430 g/mol. The first-order valence-electron chi connectivity index (χ1n) is 11.1. The van der Waals surface area contributed by atoms with Crippen LogP contribution in [-0.2, 0) is 11.3 Å². The Balaban J connectivity index is 1.99. The van der Waals surface area contributed by atoms with E-state index in [-0.39, 0.29) is 28.1 Å². The highest BCUT2D eigenvalue weighted by atomic mass is 16.5. The Morgan fingerprint density at radius 2 is 1.97 bits per heavy atom. The summed E-state index contributed by atoms with van der Waals surface area (Å²) >= 11 is 0. The van der Waals surface area contributed by atoms with E-state index in [0.29, 0.717) is 36.4 Å². The molecule has 0 atom stereocenters. The van der Waals surface area contributed by atoms with Crippen molar-refractivity contribution in [2.45, 2.75) is 39.8 Å². The van der Waals surface area contributed by atoms with Gasteiger partial charge in [0.2, 0.25) is 0 Å². The van der Waals surface area contributed by atoms with Crippen molar-refractivity contribution < 1.29 is 9.53 Å². The maximum Gasteiger partial charge on any atom is 0.279 e. The maximum atomic E-state index is 13.2. The molecule has 0 saturated heterocycles. The lowest BCUT2D eigenvalue weighted by Crippen LogP contribution is -2.30. The first-order chi connectivity index (χ1) is 16.4. The van der Waals surface area contributed by atoms with Crippen LogP contribution in [0.4, 0.5) is 0 Å². The van der Waals surface area contributed by atoms with Gasteiger partial charge in [0, 0.05) is 24.9 Å². The van der Waals surface area contributed by atoms with Gasteiger partial charge >= 0.3 is 0 Å². The number of rotatable bonds is 6. The molecule has 3 aromatic heterocycles. The summed E-state index contributed by atoms with van der Waals surface area (Å²) in [5.74, 6) is -0.460. The van der Waals surface area contributed by atoms with Crippen molar-refractivity contribution >= 4 is 22.6 Å². The predicted octanol–water partition coefficient (Wildman–Crippen LogP) is 3.39. The van der Waals surface area contributed by atoms with Crippen LogP contribution < -0.4 is 11.0 Å². The molecule has 34 heavy (non-hydrogen) atoms. The number of hydrogen-bond donors (Lipinski definition) is 0. The summed E-state index contributed by atoms with van der Waals surface area (Å²) in [6.45, 7) is 6.58. The van der Waals surface area contributed by atoms with Crippen LogP contribution in [0, 0.1) is 18.3 Å². The van der Waals surface area contributed by atoms with Gasteiger partial charge in [-0.25, -0.2) is 4.98 Å². The number of amides is 1. The number of benzene rings is 1. The number of ether oxygens (including phenoxy) is 1. The van der Waals surface area contributed by atoms with Gasteiger partial charge in [0.05, 0.1) is 17.1 Å². The molecule has 0 saturated carbocycles. The monoisotopic (exact) mass is 455 g/mol. The molecule has 0 fully saturated rings. The number of fused-ring (bicyclic) bond motifs is 2. The topological polar surface area (TPSA) is 102 Å². The zero-order chi connectivity index (χ0) is 24.2. The van der Waals surface area contributed by atoms with Gasteiger partial charge in [0.25, 0.3) is 11.5 Å². The first kappa shape index (κ1) is 23.1. The minimum Gasteiger partial charge on any atom is -0.379 e. The van der Waals surface area contributed by atoms with Gasteiger partial charge in [-0.3, -0.25) is 14.0 Å². The molecule has 0 aliphatic rings. The van der Waals surface area contributed by atoms with E-state index < -0.39 is 5.91 Å². The zero-order valence-corrected chi connectivity index (χ0v) is 19.4. The molecule has 0 radical (unpaired) electrons. The van der Waals surface area contributed by atoms with Crippen LogP contribution in [-0.4, -0.2) is 32.6 Å². The molecule has 4 aromatic rings. The van der Waals surface area contributed by atoms with E-state index in [0.717, 1.165) is 5.56 Å². The van der Waals surface area contributed by atoms with E-state index in [1.54, 1.807) is 41.1 Å². The second kappa shape index (κ2) is 9.81. The molecule has 0 N–H and O–H groups in total. The predicted molar refractivity (Wildman–Crippen MR) is 128 cm³/mol. The fourth-order valence-corrected chi connectivity index (χ4v) is 3.80. The first-order valence-corrected chi connectivity index (χ1v) is 11.1. The molecule has 0 spiro atoms. The fourth-order valence-electron chi connectivity index (χ4n) is 3.80. The lowest BCUT2D eigenvalue weighted by atomic mass is 10.1. The lowest BCUT2D eigenvalue weighted by molar-refractivity contribution is 0.0748. The summed E-state index contributed by atoms with van der Waals surface area (Å²) in [5.41, 5.74) is 2.10. The van der Waals surface area contributed by atoms with Crippen molar-refractivity contribution in [3.8, 4) is 6.07 Å². The Morgan fingerprint density at radius 1 is 1.21 bits per heavy atom. The van der Waals surface area contributed by atoms with Crippen molar-refractivity contribution in [3.63, 3.8) is 0 Å². The highest BCUT2D eigenvalue weighted by molar-refractivity contribution is 5.96. The third-order valence-electron chi connectivity index (χ3n) is 5.47. The van der Waals surface area contributed by atoms with Gasteiger partial charge in [-0.2, -0.15) is 10.3 Å². The summed E-state index contributed by atoms with van der Waals surface area (Å²) in [4.78, 5) is 35.3. The van der Waals surface area contributed by atoms with E-state index in [1.807, 2.05) is 32.9 Å². The molecule has 1 amide bonds. The number of nitriles is 1. The van der Waals surface area contributed by atoms with Crippen LogP contribution in [0.1, 0.15) is 41.8 Å². The average molecular weight is 456 g/mol. The Labute approximate surface area is 196 Å². The van der Waals surface area contributed by atoms with Gasteiger partial charge in [-0.05, 0) is 57.0 Å². The summed E-state index contributed by atoms with van der Waals surface area (Å²) in [7, 11) is 0. The van der Waals surface area contributed by atoms with Crippen LogP contribution in [0.25, 0.3) is 16.7 Å². The quantitative estimate of drug-likeness (QED) is 0.328. The molecule has 0 unspecified atom stereocenters. The summed E-state index contributed by atoms with van der Waals surface area (Å²) in [5, 5.41) is 10.2. The minimum atomic E-state index is -0.460. The van der Waals surface area contributed by atoms with Gasteiger partial charge in [0.15, 0.2) is 5.49 Å². The minimum absolute atomic E-state index is 0.0747. The van der Waals surface area contributed by atoms with Crippen LogP contribution in [0.2, 0.25) is 0 Å². The zero-order valence-electron chi connectivity index (χ0n) is 19.4. The van der Waals surface area contributed by atoms with Crippen LogP contribution in [0.5, 0.6) is 0 Å². The van der Waals surface area contributed by atoms with E-state index >= 15 is 0 Å². The molecule has 3 heterocycles. The van der Waals surface area contributed by atoms with Crippen LogP contribution in [0.15, 0.2) is 64.5 Å². The number of aromatic nitrogens is 3. The van der Waals surface area contributed by atoms with Crippen LogP contribution >= 0.6 is 0 Å². The molecule has 0 bridgehead atoms. The smallest absolute Gasteiger partial charge is 0.279 e. The third-order valence-corrected chi connectivity index (χ3v) is 5.47. The summed E-state index contributed by atoms with van der Waals surface area (Å²) < 4.78 is 8.79. The molecule has 172 valence electrons. The van der Waals surface area contributed by atoms with Crippen LogP contribution in [0.3, 0.4) is 0 Å². The lowest BCUT2D eigenvalue weighted by Gasteiger charge is -2.14. The Hall–Kier alpha value is -4.09. The Bertz CT molecular complexity index is 1560. The summed E-state index contributed by atoms with van der Waals surface area (Å²) in [6.07, 6.45) is 2.30. The molecule has 0 aliphatic carbocycles. The normalized spacial score (nSPS) is 11.9. The molecule has 8 nitrogen and oxygen atoms in total. The number of carbonyl (C=O) groups excluding carboxylic acids is 1. The van der Waals surface area contributed by atoms with Crippen molar-refractivity contribution in [2.75, 3.05) is 6.61 Å². The van der Waals surface area contributed by atoms with Gasteiger partial charge in [-0.15, -0.1) is 0 Å². The summed E-state index contributed by atoms with van der Waals surface area (Å²) in [6, 6.07) is 16.0. The number of pyridine rings is 2. The van der Waals surface area contributed by atoms with Crippen molar-refractivity contribution in [3.05, 3.63) is 87.3 Å². The Morgan fingerprint density at radius 3 is 2.71 bits per heavy atom. The highest BCUT2D eigenvalue weighted by Gasteiger charge is 2.16. The molecule has 8 heteroatoms. The van der Waals surface area contributed by atoms with E-state index in [4.69, 9.17) is 9.72 Å². The van der Waals surface area contributed by atoms with Crippen molar-refractivity contribution in [2.24, 2.45) is 4.99 Å². The second-order valence-corrected chi connectivity index (χ2v) is 8.23. The molecular formula is C26H25N5O3. The van der Waals surface area contributed by atoms with Gasteiger partial charge in [0.1, 0.15) is 17.4 Å². The number of carbonyl (C=O) groups is 1. The number of nitrogens with zero attached hydrogens (tertiary/aromatic N) is 5. The molecule has 0 aliphatic heterocycles. The highest BCUT2D eigenvalue weighted by Crippen LogP contribution is 2.12. The van der Waals surface area contributed by atoms with E-state index in [2.05, 4.69) is 11.1 Å². The van der Waals surface area contributed by atoms with Gasteiger partial charge < -0.3 is 9.30 Å². The fraction of sp³-hybridized carbons (Fsp3) is 0.269. The molecule has 1 aromatic carbocycles. The Kier molecular flexibility index (Phi) is 6.66. The third kappa shape index (κ3) is 4.51. The standard InChI is InChI=1S/C26H25N5O3/c1-17(2)34-14-8-13-31-23(29-25(32)20-10-5-4-9-18(20)3)19(16-27)15-21-24(31)28-22-11-6-7-12-30(22)26(21)33/h4-7,9-12,15,17H,8,13-14H2,1-3H3. The average Bonchev–Trinajstić information content (AvgIpc) is 2.83. The largest absolute Gasteiger partial charge is 0.379 e. The van der Waals surface area contributed by atoms with E-state index in [9.17, 15) is 14.9 Å². The SMILES string of the molecule is Cc1ccccc1C(=O)N=c1c(C#N)cc2c(=O)n3ccccc3nc2n1CCCOC(C)C. The van der Waals surface area contributed by atoms with Gasteiger partial charge in [-0.1, -0.05) is 24.3 Å². The second-order valence-electron chi connectivity index (χ2n) is 8.23. The van der Waals surface area contributed by atoms with Crippen molar-refractivity contribution in [1.82, 2.24) is 14.0 Å². The molecule has 4 rings (SSSR count). The maximum absolute atomic E-state index is 13.2. The number of hydrogen-bond acceptors (Lipinski definition) is 5. The van der Waals surface area contributed by atoms with Crippen molar-refractivity contribution in [1.29, 1.82) is 5.26 Å².